The molecular weight excluding hydrogens is 242 g/mol. The Morgan fingerprint density at radius 3 is 2.47 bits per heavy atom. The molecule has 1 atom stereocenters. The van der Waals surface area contributed by atoms with Crippen LogP contribution in [-0.4, -0.2) is 24.4 Å². The first-order chi connectivity index (χ1) is 8.86. The van der Waals surface area contributed by atoms with Gasteiger partial charge in [0, 0.05) is 17.8 Å². The normalized spacial score (nSPS) is 11.8. The summed E-state index contributed by atoms with van der Waals surface area (Å²) >= 11 is 0. The first kappa shape index (κ1) is 15.0. The maximum absolute atomic E-state index is 12.1. The number of aryl methyl sites for hydroxylation is 2. The Labute approximate surface area is 113 Å². The molecule has 0 saturated heterocycles. The zero-order chi connectivity index (χ0) is 14.6. The van der Waals surface area contributed by atoms with Crippen LogP contribution in [0.2, 0.25) is 0 Å². The fourth-order valence-electron chi connectivity index (χ4n) is 1.78. The van der Waals surface area contributed by atoms with E-state index in [0.717, 1.165) is 11.1 Å². The van der Waals surface area contributed by atoms with Crippen molar-refractivity contribution in [1.82, 2.24) is 10.6 Å². The summed E-state index contributed by atoms with van der Waals surface area (Å²) in [7, 11) is 0. The number of anilines is 1. The van der Waals surface area contributed by atoms with Crippen molar-refractivity contribution in [2.45, 2.75) is 33.7 Å². The van der Waals surface area contributed by atoms with E-state index in [1.165, 1.54) is 0 Å². The molecule has 0 aliphatic rings. The molecule has 1 unspecified atom stereocenters. The number of likely N-dealkylation sites (N-methyl/N-ethyl adjacent to an activating group) is 1. The van der Waals surface area contributed by atoms with Gasteiger partial charge in [0.15, 0.2) is 0 Å². The number of carbonyl (C=O) groups is 2. The number of carbonyl (C=O) groups excluding carboxylic acids is 2. The summed E-state index contributed by atoms with van der Waals surface area (Å²) < 4.78 is 0. The molecule has 0 heterocycles. The number of benzene rings is 1. The van der Waals surface area contributed by atoms with Crippen molar-refractivity contribution in [1.29, 1.82) is 0 Å². The Morgan fingerprint density at radius 1 is 1.26 bits per heavy atom. The number of rotatable bonds is 4. The molecule has 5 nitrogen and oxygen atoms in total. The van der Waals surface area contributed by atoms with E-state index < -0.39 is 6.04 Å². The monoisotopic (exact) mass is 263 g/mol. The molecule has 0 spiro atoms. The van der Waals surface area contributed by atoms with Crippen molar-refractivity contribution < 1.29 is 9.59 Å². The molecule has 19 heavy (non-hydrogen) atoms. The van der Waals surface area contributed by atoms with Gasteiger partial charge in [-0.15, -0.1) is 0 Å². The van der Waals surface area contributed by atoms with Crippen LogP contribution in [0.1, 0.15) is 35.3 Å². The van der Waals surface area contributed by atoms with Crippen molar-refractivity contribution in [3.63, 3.8) is 0 Å². The van der Waals surface area contributed by atoms with Crippen LogP contribution in [0.5, 0.6) is 0 Å². The van der Waals surface area contributed by atoms with Gasteiger partial charge in [-0.1, -0.05) is 6.07 Å². The van der Waals surface area contributed by atoms with Gasteiger partial charge in [-0.3, -0.25) is 9.59 Å². The summed E-state index contributed by atoms with van der Waals surface area (Å²) in [5.74, 6) is -0.489. The topological polar surface area (TPSA) is 84.2 Å². The lowest BCUT2D eigenvalue weighted by Crippen LogP contribution is -2.44. The minimum atomic E-state index is -0.575. The molecule has 1 aromatic rings. The van der Waals surface area contributed by atoms with E-state index in [9.17, 15) is 9.59 Å². The average Bonchev–Trinajstić information content (AvgIpc) is 2.33. The van der Waals surface area contributed by atoms with E-state index in [4.69, 9.17) is 5.73 Å². The molecule has 5 heteroatoms. The highest BCUT2D eigenvalue weighted by Crippen LogP contribution is 2.17. The summed E-state index contributed by atoms with van der Waals surface area (Å²) in [6.07, 6.45) is 0. The summed E-state index contributed by atoms with van der Waals surface area (Å²) in [5.41, 5.74) is 8.65. The smallest absolute Gasteiger partial charge is 0.252 e. The fourth-order valence-corrected chi connectivity index (χ4v) is 1.78. The second-order valence-corrected chi connectivity index (χ2v) is 4.61. The standard InChI is InChI=1S/C14H21N3O2/c1-5-16-13(18)10(4)17-14(19)11-7-12(15)9(3)6-8(11)2/h6-7,10H,5,15H2,1-4H3,(H,16,18)(H,17,19). The first-order valence-corrected chi connectivity index (χ1v) is 6.32. The molecule has 1 rings (SSSR count). The minimum Gasteiger partial charge on any atom is -0.398 e. The van der Waals surface area contributed by atoms with Crippen molar-refractivity contribution >= 4 is 17.5 Å². The molecule has 0 bridgehead atoms. The van der Waals surface area contributed by atoms with Crippen LogP contribution in [0, 0.1) is 13.8 Å². The highest BCUT2D eigenvalue weighted by Gasteiger charge is 2.17. The van der Waals surface area contributed by atoms with Crippen LogP contribution in [0.25, 0.3) is 0 Å². The van der Waals surface area contributed by atoms with E-state index in [2.05, 4.69) is 10.6 Å². The van der Waals surface area contributed by atoms with E-state index in [1.807, 2.05) is 26.8 Å². The summed E-state index contributed by atoms with van der Waals surface area (Å²) in [5, 5.41) is 5.32. The quantitative estimate of drug-likeness (QED) is 0.712. The first-order valence-electron chi connectivity index (χ1n) is 6.32. The van der Waals surface area contributed by atoms with Crippen molar-refractivity contribution in [3.8, 4) is 0 Å². The van der Waals surface area contributed by atoms with E-state index in [0.29, 0.717) is 17.8 Å². The van der Waals surface area contributed by atoms with Crippen LogP contribution in [0.4, 0.5) is 5.69 Å². The van der Waals surface area contributed by atoms with Crippen molar-refractivity contribution in [3.05, 3.63) is 28.8 Å². The second kappa shape index (κ2) is 6.22. The largest absolute Gasteiger partial charge is 0.398 e. The lowest BCUT2D eigenvalue weighted by atomic mass is 10.0. The molecule has 4 N–H and O–H groups in total. The molecule has 104 valence electrons. The zero-order valence-corrected chi connectivity index (χ0v) is 11.8. The number of nitrogens with one attached hydrogen (secondary N) is 2. The number of amides is 2. The van der Waals surface area contributed by atoms with Gasteiger partial charge in [0.1, 0.15) is 6.04 Å². The lowest BCUT2D eigenvalue weighted by molar-refractivity contribution is -0.122. The maximum atomic E-state index is 12.1. The SMILES string of the molecule is CCNC(=O)C(C)NC(=O)c1cc(N)c(C)cc1C. The summed E-state index contributed by atoms with van der Waals surface area (Å²) in [6, 6.07) is 2.93. The maximum Gasteiger partial charge on any atom is 0.252 e. The molecule has 2 amide bonds. The van der Waals surface area contributed by atoms with Crippen LogP contribution in [0.3, 0.4) is 0 Å². The van der Waals surface area contributed by atoms with Crippen LogP contribution in [0.15, 0.2) is 12.1 Å². The van der Waals surface area contributed by atoms with Gasteiger partial charge in [0.05, 0.1) is 0 Å². The van der Waals surface area contributed by atoms with Gasteiger partial charge in [0.25, 0.3) is 5.91 Å². The predicted molar refractivity (Wildman–Crippen MR) is 75.9 cm³/mol. The molecule has 0 aliphatic carbocycles. The Hall–Kier alpha value is -2.04. The van der Waals surface area contributed by atoms with Crippen LogP contribution < -0.4 is 16.4 Å². The van der Waals surface area contributed by atoms with Gasteiger partial charge in [0.2, 0.25) is 5.91 Å². The predicted octanol–water partition coefficient (Wildman–Crippen LogP) is 1.14. The van der Waals surface area contributed by atoms with Gasteiger partial charge in [-0.25, -0.2) is 0 Å². The van der Waals surface area contributed by atoms with E-state index >= 15 is 0 Å². The summed E-state index contributed by atoms with van der Waals surface area (Å²) in [4.78, 5) is 23.7. The molecule has 0 aliphatic heterocycles. The number of hydrogen-bond donors (Lipinski definition) is 3. The fraction of sp³-hybridized carbons (Fsp3) is 0.429. The average molecular weight is 263 g/mol. The Morgan fingerprint density at radius 2 is 1.89 bits per heavy atom. The number of nitrogen functional groups attached to an aromatic ring is 1. The van der Waals surface area contributed by atoms with Crippen LogP contribution in [-0.2, 0) is 4.79 Å². The minimum absolute atomic E-state index is 0.200. The zero-order valence-electron chi connectivity index (χ0n) is 11.8. The highest BCUT2D eigenvalue weighted by molar-refractivity contribution is 5.99. The third-order valence-corrected chi connectivity index (χ3v) is 2.95. The van der Waals surface area contributed by atoms with Gasteiger partial charge in [-0.2, -0.15) is 0 Å². The second-order valence-electron chi connectivity index (χ2n) is 4.61. The third kappa shape index (κ3) is 3.71. The summed E-state index contributed by atoms with van der Waals surface area (Å²) in [6.45, 7) is 7.75. The van der Waals surface area contributed by atoms with Crippen LogP contribution >= 0.6 is 0 Å². The molecule has 0 fully saturated rings. The van der Waals surface area contributed by atoms with E-state index in [1.54, 1.807) is 13.0 Å². The number of hydrogen-bond acceptors (Lipinski definition) is 3. The third-order valence-electron chi connectivity index (χ3n) is 2.95. The number of nitrogens with two attached hydrogens (primary N) is 1. The van der Waals surface area contributed by atoms with Crippen molar-refractivity contribution in [2.75, 3.05) is 12.3 Å². The van der Waals surface area contributed by atoms with Gasteiger partial charge in [-0.05, 0) is 44.9 Å². The molecule has 0 aromatic heterocycles. The highest BCUT2D eigenvalue weighted by atomic mass is 16.2. The van der Waals surface area contributed by atoms with Gasteiger partial charge >= 0.3 is 0 Å². The lowest BCUT2D eigenvalue weighted by Gasteiger charge is -2.15. The molecule has 0 radical (unpaired) electrons. The van der Waals surface area contributed by atoms with Crippen molar-refractivity contribution in [2.24, 2.45) is 0 Å². The molecule has 1 aromatic carbocycles. The molecular formula is C14H21N3O2. The van der Waals surface area contributed by atoms with Gasteiger partial charge < -0.3 is 16.4 Å². The Bertz CT molecular complexity index is 498. The van der Waals surface area contributed by atoms with E-state index in [-0.39, 0.29) is 11.8 Å². The molecule has 0 saturated carbocycles. The Balaban J connectivity index is 2.84. The Kier molecular flexibility index (Phi) is 4.92.